The van der Waals surface area contributed by atoms with E-state index in [1.807, 2.05) is 91.0 Å². The number of thioether (sulfide) groups is 2. The Morgan fingerprint density at radius 2 is 0.815 bits per heavy atom. The average Bonchev–Trinajstić information content (AvgIpc) is 4.08. The molecule has 3 heterocycles. The lowest BCUT2D eigenvalue weighted by molar-refractivity contribution is -0.313. The van der Waals surface area contributed by atoms with E-state index >= 15 is 0 Å². The van der Waals surface area contributed by atoms with E-state index in [9.17, 15) is 19.2 Å². The number of hydrogen-bond donors (Lipinski definition) is 0. The number of carbonyl (C=O) groups is 4. The summed E-state index contributed by atoms with van der Waals surface area (Å²) < 4.78 is 67.5. The van der Waals surface area contributed by atoms with Crippen molar-refractivity contribution in [1.29, 1.82) is 0 Å². The van der Waals surface area contributed by atoms with Gasteiger partial charge in [-0.15, -0.1) is 0 Å². The van der Waals surface area contributed by atoms with Gasteiger partial charge in [-0.05, 0) is 65.2 Å². The molecule has 0 aromatic heterocycles. The first kappa shape index (κ1) is 56.8. The van der Waals surface area contributed by atoms with E-state index < -0.39 is 91.0 Å². The minimum atomic E-state index is -1.66. The van der Waals surface area contributed by atoms with Crippen molar-refractivity contribution >= 4 is 51.8 Å². The molecule has 3 aliphatic heterocycles. The fourth-order valence-electron chi connectivity index (χ4n) is 9.31. The summed E-state index contributed by atoms with van der Waals surface area (Å²) in [5.41, 5.74) is 2.67. The van der Waals surface area contributed by atoms with E-state index in [1.165, 1.54) is 11.8 Å². The summed E-state index contributed by atoms with van der Waals surface area (Å²) in [5, 5.41) is 0. The Bertz CT molecular complexity index is 3130. The van der Waals surface area contributed by atoms with Crippen molar-refractivity contribution in [2.24, 2.45) is 4.99 Å². The minimum Gasteiger partial charge on any atom is -0.459 e. The van der Waals surface area contributed by atoms with Crippen LogP contribution in [0.15, 0.2) is 217 Å². The Morgan fingerprint density at radius 1 is 0.420 bits per heavy atom. The largest absolute Gasteiger partial charge is 0.459 e. The predicted octanol–water partition coefficient (Wildman–Crippen LogP) is 10.6. The second kappa shape index (κ2) is 28.8. The van der Waals surface area contributed by atoms with Crippen LogP contribution in [0, 0.1) is 0 Å². The van der Waals surface area contributed by atoms with Crippen LogP contribution < -0.4 is 0 Å². The van der Waals surface area contributed by atoms with E-state index in [2.05, 4.69) is 0 Å². The van der Waals surface area contributed by atoms with Crippen molar-refractivity contribution in [3.8, 4) is 0 Å². The summed E-state index contributed by atoms with van der Waals surface area (Å²) in [6.07, 6.45) is -11.4. The molecule has 7 aromatic carbocycles. The zero-order chi connectivity index (χ0) is 55.6. The van der Waals surface area contributed by atoms with Crippen LogP contribution in [0.2, 0.25) is 0 Å². The third kappa shape index (κ3) is 15.5. The third-order valence-electron chi connectivity index (χ3n) is 13.4. The van der Waals surface area contributed by atoms with Gasteiger partial charge in [-0.2, -0.15) is 0 Å². The monoisotopic (exact) mass is 1130 g/mol. The summed E-state index contributed by atoms with van der Waals surface area (Å²) in [6.45, 7) is 0.327. The molecule has 0 spiro atoms. The molecule has 81 heavy (non-hydrogen) atoms. The molecule has 15 nitrogen and oxygen atoms in total. The fourth-order valence-corrected chi connectivity index (χ4v) is 11.6. The van der Waals surface area contributed by atoms with Crippen molar-refractivity contribution in [3.63, 3.8) is 0 Å². The van der Waals surface area contributed by atoms with Crippen molar-refractivity contribution < 1.29 is 66.5 Å². The second-order valence-corrected chi connectivity index (χ2v) is 21.4. The molecule has 3 aliphatic rings. The Morgan fingerprint density at radius 3 is 1.27 bits per heavy atom. The van der Waals surface area contributed by atoms with Crippen LogP contribution in [0.3, 0.4) is 0 Å². The molecular formula is C64H59NO14S2. The topological polar surface area (TPSA) is 173 Å². The van der Waals surface area contributed by atoms with Crippen molar-refractivity contribution in [2.45, 2.75) is 80.4 Å². The molecule has 0 aliphatic carbocycles. The summed E-state index contributed by atoms with van der Waals surface area (Å²) in [5.74, 6) is -2.42. The van der Waals surface area contributed by atoms with Gasteiger partial charge >= 0.3 is 23.9 Å². The third-order valence-corrected chi connectivity index (χ3v) is 15.7. The number of hydrogen-bond acceptors (Lipinski definition) is 17. The minimum absolute atomic E-state index is 0.139. The van der Waals surface area contributed by atoms with Crippen LogP contribution in [0.4, 0.5) is 0 Å². The van der Waals surface area contributed by atoms with Gasteiger partial charge in [0.2, 0.25) is 0 Å². The summed E-state index contributed by atoms with van der Waals surface area (Å²) in [6, 6.07) is 62.2. The predicted molar refractivity (Wildman–Crippen MR) is 304 cm³/mol. The van der Waals surface area contributed by atoms with E-state index in [0.717, 1.165) is 26.8 Å². The molecule has 0 unspecified atom stereocenters. The number of nitrogens with zero attached hydrogens (tertiary/aromatic N) is 1. The molecule has 416 valence electrons. The van der Waals surface area contributed by atoms with Gasteiger partial charge in [0.25, 0.3) is 0 Å². The molecule has 17 heteroatoms. The van der Waals surface area contributed by atoms with E-state index in [4.69, 9.17) is 52.4 Å². The Labute approximate surface area is 478 Å². The highest BCUT2D eigenvalue weighted by molar-refractivity contribution is 8.39. The molecule has 7 aromatic rings. The molecule has 0 saturated carbocycles. The zero-order valence-electron chi connectivity index (χ0n) is 43.9. The van der Waals surface area contributed by atoms with Crippen LogP contribution in [0.5, 0.6) is 0 Å². The van der Waals surface area contributed by atoms with Crippen LogP contribution in [-0.2, 0) is 67.2 Å². The number of ether oxygens (including phenoxy) is 10. The average molecular weight is 1130 g/mol. The first-order valence-corrected chi connectivity index (χ1v) is 28.4. The highest BCUT2D eigenvalue weighted by atomic mass is 32.2. The number of benzene rings is 7. The molecular weight excluding hydrogens is 1070 g/mol. The summed E-state index contributed by atoms with van der Waals surface area (Å²) in [4.78, 5) is 61.6. The number of rotatable bonds is 22. The maximum Gasteiger partial charge on any atom is 0.338 e. The highest BCUT2D eigenvalue weighted by Crippen LogP contribution is 2.40. The Balaban J connectivity index is 1.05. The Hall–Kier alpha value is -7.45. The lowest BCUT2D eigenvalue weighted by atomic mass is 9.97. The lowest BCUT2D eigenvalue weighted by Crippen LogP contribution is -2.64. The van der Waals surface area contributed by atoms with E-state index in [1.54, 1.807) is 133 Å². The maximum absolute atomic E-state index is 14.4. The molecule has 0 N–H and O–H groups in total. The molecule has 2 fully saturated rings. The van der Waals surface area contributed by atoms with E-state index in [-0.39, 0.29) is 48.7 Å². The van der Waals surface area contributed by atoms with Gasteiger partial charge in [-0.25, -0.2) is 19.2 Å². The van der Waals surface area contributed by atoms with Gasteiger partial charge in [0.05, 0.1) is 55.2 Å². The number of aliphatic imine (C=N–C) groups is 1. The zero-order valence-corrected chi connectivity index (χ0v) is 45.5. The summed E-state index contributed by atoms with van der Waals surface area (Å²) >= 11 is 3.04. The van der Waals surface area contributed by atoms with Crippen LogP contribution in [0.25, 0.3) is 0 Å². The molecule has 10 atom stereocenters. The van der Waals surface area contributed by atoms with Gasteiger partial charge in [0.1, 0.15) is 46.9 Å². The van der Waals surface area contributed by atoms with Crippen molar-refractivity contribution in [1.82, 2.24) is 0 Å². The quantitative estimate of drug-likeness (QED) is 0.0463. The molecule has 0 amide bonds. The van der Waals surface area contributed by atoms with Gasteiger partial charge in [0, 0.05) is 5.75 Å². The molecule has 0 bridgehead atoms. The molecule has 0 radical (unpaired) electrons. The highest BCUT2D eigenvalue weighted by Gasteiger charge is 2.55. The van der Waals surface area contributed by atoms with Crippen molar-refractivity contribution in [3.05, 3.63) is 251 Å². The molecule has 10 rings (SSSR count). The van der Waals surface area contributed by atoms with Crippen LogP contribution in [0.1, 0.15) is 58.1 Å². The SMILES string of the molecule is O=C(OC[C@H]1O[C@@H](OC[C@H]2O[C@@H](SC3=NCCS3)[C@H](OCc3ccccc3)[C@@H](OCc3ccccc3)[C@@H]2OCc2ccccc2)[C@H](OC(=O)c2ccccc2)[C@@H](OC(=O)c2ccccc2)[C@@H]1OC(=O)c1ccccc1)c1ccccc1. The summed E-state index contributed by atoms with van der Waals surface area (Å²) in [7, 11) is 0. The van der Waals surface area contributed by atoms with Gasteiger partial charge in [-0.1, -0.05) is 187 Å². The standard InChI is InChI=1S/C64H59NO14S2/c66-58(46-28-14-4-15-29-46)73-41-51-53(77-59(67)47-30-16-5-17-31-47)55(78-60(68)48-32-18-6-19-33-48)56(79-61(69)49-34-20-7-21-35-49)62(75-51)74-42-50-52(70-38-43-22-8-1-9-23-43)54(71-39-44-24-10-2-11-25-44)57(72-40-45-26-12-3-13-27-45)63(76-50)81-64-65-36-37-80-64/h1-35,50-57,62-63H,36-42H2/t50-,51-,52-,53-,54+,55+,56-,57-,62-,63+/m1/s1. The molecule has 2 saturated heterocycles. The van der Waals surface area contributed by atoms with Crippen molar-refractivity contribution in [2.75, 3.05) is 25.5 Å². The van der Waals surface area contributed by atoms with Gasteiger partial charge < -0.3 is 47.4 Å². The normalized spacial score (nSPS) is 23.3. The Kier molecular flexibility index (Phi) is 20.2. The fraction of sp³-hybridized carbons (Fsp3) is 0.266. The van der Waals surface area contributed by atoms with Gasteiger partial charge in [0.15, 0.2) is 24.6 Å². The lowest BCUT2D eigenvalue weighted by Gasteiger charge is -2.47. The first-order chi connectivity index (χ1) is 39.8. The van der Waals surface area contributed by atoms with E-state index in [0.29, 0.717) is 6.54 Å². The smallest absolute Gasteiger partial charge is 0.338 e. The first-order valence-electron chi connectivity index (χ1n) is 26.6. The number of carbonyl (C=O) groups excluding carboxylic acids is 4. The van der Waals surface area contributed by atoms with Crippen LogP contribution >= 0.6 is 23.5 Å². The maximum atomic E-state index is 14.4. The van der Waals surface area contributed by atoms with Crippen LogP contribution in [-0.4, -0.2) is 114 Å². The number of esters is 4. The second-order valence-electron chi connectivity index (χ2n) is 19.0. The van der Waals surface area contributed by atoms with Gasteiger partial charge in [-0.3, -0.25) is 4.99 Å².